The van der Waals surface area contributed by atoms with Crippen molar-refractivity contribution >= 4 is 39.3 Å². The number of carbonyl (C=O) groups is 1. The lowest BCUT2D eigenvalue weighted by Gasteiger charge is -2.10. The highest BCUT2D eigenvalue weighted by atomic mass is 79.9. The molecule has 0 aromatic heterocycles. The fourth-order valence-corrected chi connectivity index (χ4v) is 2.76. The first-order valence-corrected chi connectivity index (χ1v) is 8.10. The van der Waals surface area contributed by atoms with E-state index in [0.29, 0.717) is 5.56 Å². The van der Waals surface area contributed by atoms with Crippen molar-refractivity contribution in [1.82, 2.24) is 0 Å². The number of rotatable bonds is 2. The zero-order chi connectivity index (χ0) is 18.2. The summed E-state index contributed by atoms with van der Waals surface area (Å²) >= 11 is 3.34. The quantitative estimate of drug-likeness (QED) is 0.635. The summed E-state index contributed by atoms with van der Waals surface area (Å²) in [5.74, 6) is -0.810. The first kappa shape index (κ1) is 17.4. The predicted molar refractivity (Wildman–Crippen MR) is 94.3 cm³/mol. The summed E-state index contributed by atoms with van der Waals surface area (Å²) in [6.45, 7) is 1.86. The molecule has 3 rings (SSSR count). The van der Waals surface area contributed by atoms with Gasteiger partial charge >= 0.3 is 6.18 Å². The Kier molecular flexibility index (Phi) is 4.51. The van der Waals surface area contributed by atoms with E-state index in [1.165, 1.54) is 18.2 Å². The molecule has 0 unspecified atom stereocenters. The second-order valence-electron chi connectivity index (χ2n) is 5.47. The molecule has 0 atom stereocenters. The van der Waals surface area contributed by atoms with Crippen molar-refractivity contribution in [2.45, 2.75) is 13.1 Å². The van der Waals surface area contributed by atoms with Gasteiger partial charge < -0.3 is 0 Å². The third kappa shape index (κ3) is 3.51. The third-order valence-electron chi connectivity index (χ3n) is 3.65. The van der Waals surface area contributed by atoms with Crippen LogP contribution in [-0.4, -0.2) is 17.8 Å². The van der Waals surface area contributed by atoms with Gasteiger partial charge in [-0.2, -0.15) is 23.3 Å². The summed E-state index contributed by atoms with van der Waals surface area (Å²) in [7, 11) is 0. The van der Waals surface area contributed by atoms with Gasteiger partial charge in [0, 0.05) is 4.47 Å². The van der Waals surface area contributed by atoms with Gasteiger partial charge in [-0.1, -0.05) is 46.3 Å². The Morgan fingerprint density at radius 3 is 2.40 bits per heavy atom. The molecule has 1 heterocycles. The lowest BCUT2D eigenvalue weighted by Crippen LogP contribution is -2.25. The molecule has 0 bridgehead atoms. The molecular weight excluding hydrogens is 397 g/mol. The van der Waals surface area contributed by atoms with Crippen LogP contribution in [0.15, 0.2) is 63.7 Å². The first-order valence-electron chi connectivity index (χ1n) is 7.31. The van der Waals surface area contributed by atoms with E-state index >= 15 is 0 Å². The van der Waals surface area contributed by atoms with Crippen LogP contribution in [-0.2, 0) is 4.79 Å². The maximum absolute atomic E-state index is 13.4. The number of halogens is 4. The number of hydrogen-bond donors (Lipinski definition) is 0. The fraction of sp³-hybridized carbons (Fsp3) is 0.111. The standard InChI is InChI=1S/C18H12BrF3N2O/c1-11-7-8-12(10-15(11)19)9-14-16(18(20,21)22)23-24(17(14)25)13-5-3-2-4-6-13/h2-10H,1H3/b14-9-. The first-order chi connectivity index (χ1) is 11.8. The Labute approximate surface area is 150 Å². The molecule has 0 N–H and O–H groups in total. The summed E-state index contributed by atoms with van der Waals surface area (Å²) in [6, 6.07) is 13.1. The van der Waals surface area contributed by atoms with Gasteiger partial charge in [0.25, 0.3) is 5.91 Å². The average Bonchev–Trinajstić information content (AvgIpc) is 2.89. The summed E-state index contributed by atoms with van der Waals surface area (Å²) < 4.78 is 40.8. The van der Waals surface area contributed by atoms with Crippen molar-refractivity contribution in [3.05, 3.63) is 69.7 Å². The molecule has 1 amide bonds. The number of amides is 1. The van der Waals surface area contributed by atoms with E-state index in [4.69, 9.17) is 0 Å². The van der Waals surface area contributed by atoms with Gasteiger partial charge in [-0.25, -0.2) is 0 Å². The molecule has 3 nitrogen and oxygen atoms in total. The molecule has 1 aliphatic heterocycles. The van der Waals surface area contributed by atoms with Gasteiger partial charge in [0.2, 0.25) is 0 Å². The minimum atomic E-state index is -4.73. The Balaban J connectivity index is 2.08. The SMILES string of the molecule is Cc1ccc(/C=C2\C(=O)N(c3ccccc3)N=C2C(F)(F)F)cc1Br. The van der Waals surface area contributed by atoms with E-state index in [0.717, 1.165) is 15.0 Å². The van der Waals surface area contributed by atoms with Crippen molar-refractivity contribution in [3.63, 3.8) is 0 Å². The summed E-state index contributed by atoms with van der Waals surface area (Å²) in [5, 5.41) is 4.30. The summed E-state index contributed by atoms with van der Waals surface area (Å²) in [4.78, 5) is 12.6. The van der Waals surface area contributed by atoms with Crippen molar-refractivity contribution in [1.29, 1.82) is 0 Å². The predicted octanol–water partition coefficient (Wildman–Crippen LogP) is 5.11. The topological polar surface area (TPSA) is 32.7 Å². The van der Waals surface area contributed by atoms with Crippen LogP contribution in [0.3, 0.4) is 0 Å². The van der Waals surface area contributed by atoms with E-state index in [1.807, 2.05) is 6.92 Å². The number of aryl methyl sites for hydroxylation is 1. The van der Waals surface area contributed by atoms with Crippen LogP contribution < -0.4 is 5.01 Å². The molecule has 7 heteroatoms. The van der Waals surface area contributed by atoms with E-state index in [1.54, 1.807) is 36.4 Å². The highest BCUT2D eigenvalue weighted by molar-refractivity contribution is 9.10. The Morgan fingerprint density at radius 1 is 1.12 bits per heavy atom. The summed E-state index contributed by atoms with van der Waals surface area (Å²) in [6.07, 6.45) is -3.52. The molecule has 0 aliphatic carbocycles. The minimum Gasteiger partial charge on any atom is -0.267 e. The highest BCUT2D eigenvalue weighted by Gasteiger charge is 2.46. The summed E-state index contributed by atoms with van der Waals surface area (Å²) in [5.41, 5.74) is 0.0242. The number of hydrogen-bond acceptors (Lipinski definition) is 2. The molecule has 0 fully saturated rings. The molecule has 25 heavy (non-hydrogen) atoms. The molecular formula is C18H12BrF3N2O. The van der Waals surface area contributed by atoms with E-state index < -0.39 is 23.4 Å². The Bertz CT molecular complexity index is 889. The van der Waals surface area contributed by atoms with E-state index in [9.17, 15) is 18.0 Å². The van der Waals surface area contributed by atoms with Crippen LogP contribution in [0.4, 0.5) is 18.9 Å². The van der Waals surface area contributed by atoms with Crippen molar-refractivity contribution < 1.29 is 18.0 Å². The molecule has 128 valence electrons. The minimum absolute atomic E-state index is 0.280. The highest BCUT2D eigenvalue weighted by Crippen LogP contribution is 2.32. The van der Waals surface area contributed by atoms with Gasteiger partial charge in [-0.3, -0.25) is 4.79 Å². The van der Waals surface area contributed by atoms with Gasteiger partial charge in [-0.15, -0.1) is 0 Å². The molecule has 0 saturated heterocycles. The number of nitrogens with zero attached hydrogens (tertiary/aromatic N) is 2. The third-order valence-corrected chi connectivity index (χ3v) is 4.51. The number of anilines is 1. The van der Waals surface area contributed by atoms with Crippen LogP contribution >= 0.6 is 15.9 Å². The van der Waals surface area contributed by atoms with E-state index in [2.05, 4.69) is 21.0 Å². The fourth-order valence-electron chi connectivity index (χ4n) is 2.36. The second-order valence-corrected chi connectivity index (χ2v) is 6.32. The van der Waals surface area contributed by atoms with Gasteiger partial charge in [0.1, 0.15) is 0 Å². The lowest BCUT2D eigenvalue weighted by atomic mass is 10.0. The van der Waals surface area contributed by atoms with E-state index in [-0.39, 0.29) is 5.69 Å². The van der Waals surface area contributed by atoms with Gasteiger partial charge in [0.05, 0.1) is 11.3 Å². The molecule has 0 radical (unpaired) electrons. The lowest BCUT2D eigenvalue weighted by molar-refractivity contribution is -0.114. The number of para-hydroxylation sites is 1. The molecule has 0 spiro atoms. The van der Waals surface area contributed by atoms with Crippen molar-refractivity contribution in [2.75, 3.05) is 5.01 Å². The average molecular weight is 409 g/mol. The van der Waals surface area contributed by atoms with Gasteiger partial charge in [0.15, 0.2) is 5.71 Å². The van der Waals surface area contributed by atoms with Crippen molar-refractivity contribution in [2.24, 2.45) is 5.10 Å². The molecule has 1 aliphatic rings. The maximum atomic E-state index is 13.4. The van der Waals surface area contributed by atoms with Crippen LogP contribution in [0.25, 0.3) is 6.08 Å². The van der Waals surface area contributed by atoms with Crippen LogP contribution in [0.2, 0.25) is 0 Å². The van der Waals surface area contributed by atoms with Crippen LogP contribution in [0.1, 0.15) is 11.1 Å². The maximum Gasteiger partial charge on any atom is 0.435 e. The molecule has 2 aromatic rings. The molecule has 2 aromatic carbocycles. The largest absolute Gasteiger partial charge is 0.435 e. The normalized spacial score (nSPS) is 16.5. The number of benzene rings is 2. The number of hydrazone groups is 1. The smallest absolute Gasteiger partial charge is 0.267 e. The second kappa shape index (κ2) is 6.48. The monoisotopic (exact) mass is 408 g/mol. The van der Waals surface area contributed by atoms with Crippen LogP contribution in [0.5, 0.6) is 0 Å². The van der Waals surface area contributed by atoms with Crippen molar-refractivity contribution in [3.8, 4) is 0 Å². The van der Waals surface area contributed by atoms with Gasteiger partial charge in [-0.05, 0) is 42.3 Å². The molecule has 0 saturated carbocycles. The number of carbonyl (C=O) groups excluding carboxylic acids is 1. The van der Waals surface area contributed by atoms with Crippen LogP contribution in [0, 0.1) is 6.92 Å². The Hall–Kier alpha value is -2.41. The zero-order valence-corrected chi connectivity index (χ0v) is 14.6. The zero-order valence-electron chi connectivity index (χ0n) is 13.0. The Morgan fingerprint density at radius 2 is 1.80 bits per heavy atom. The number of alkyl halides is 3.